The molecule has 0 fully saturated rings. The summed E-state index contributed by atoms with van der Waals surface area (Å²) in [5, 5.41) is 9.44. The van der Waals surface area contributed by atoms with Crippen LogP contribution in [0.1, 0.15) is 5.82 Å². The highest BCUT2D eigenvalue weighted by molar-refractivity contribution is 5.48. The molecule has 62 valence electrons. The van der Waals surface area contributed by atoms with Crippen molar-refractivity contribution in [1.82, 2.24) is 9.38 Å². The fraction of sp³-hybridized carbons (Fsp3) is 0.125. The van der Waals surface area contributed by atoms with Gasteiger partial charge in [-0.2, -0.15) is 0 Å². The third kappa shape index (κ3) is 0.853. The summed E-state index contributed by atoms with van der Waals surface area (Å²) in [6.45, 7) is 0.325. The average Bonchev–Trinajstić information content (AvgIpc) is 2.49. The predicted molar refractivity (Wildman–Crippen MR) is 44.7 cm³/mol. The molecule has 2 rings (SSSR count). The lowest BCUT2D eigenvalue weighted by molar-refractivity contribution is 0.443. The summed E-state index contributed by atoms with van der Waals surface area (Å²) >= 11 is 0. The number of nitrogens with two attached hydrogens (primary N) is 1. The minimum atomic E-state index is 0.172. The summed E-state index contributed by atoms with van der Waals surface area (Å²) in [6.07, 6.45) is 1.68. The summed E-state index contributed by atoms with van der Waals surface area (Å²) in [4.78, 5) is 4.05. The van der Waals surface area contributed by atoms with Crippen LogP contribution in [0.5, 0.6) is 5.88 Å². The SMILES string of the molecule is NCc1ncc2cccc(O)n12. The predicted octanol–water partition coefficient (Wildman–Crippen LogP) is 0.499. The quantitative estimate of drug-likeness (QED) is 0.643. The number of nitrogens with zero attached hydrogens (tertiary/aromatic N) is 2. The molecular weight excluding hydrogens is 154 g/mol. The smallest absolute Gasteiger partial charge is 0.197 e. The molecule has 12 heavy (non-hydrogen) atoms. The van der Waals surface area contributed by atoms with Gasteiger partial charge in [-0.25, -0.2) is 4.98 Å². The second kappa shape index (κ2) is 2.49. The Bertz CT molecular complexity index is 408. The Morgan fingerprint density at radius 3 is 3.08 bits per heavy atom. The van der Waals surface area contributed by atoms with Crippen LogP contribution < -0.4 is 5.73 Å². The molecule has 0 spiro atoms. The highest BCUT2D eigenvalue weighted by Crippen LogP contribution is 2.14. The van der Waals surface area contributed by atoms with Gasteiger partial charge in [-0.15, -0.1) is 0 Å². The molecule has 0 atom stereocenters. The molecule has 0 aliphatic rings. The van der Waals surface area contributed by atoms with Crippen molar-refractivity contribution in [1.29, 1.82) is 0 Å². The molecule has 0 bridgehead atoms. The van der Waals surface area contributed by atoms with Crippen LogP contribution in [0.3, 0.4) is 0 Å². The third-order valence-corrected chi connectivity index (χ3v) is 1.79. The molecule has 4 nitrogen and oxygen atoms in total. The monoisotopic (exact) mass is 163 g/mol. The molecule has 0 unspecified atom stereocenters. The van der Waals surface area contributed by atoms with Gasteiger partial charge in [0.1, 0.15) is 5.82 Å². The maximum Gasteiger partial charge on any atom is 0.197 e. The van der Waals surface area contributed by atoms with Crippen molar-refractivity contribution in [3.63, 3.8) is 0 Å². The van der Waals surface area contributed by atoms with Gasteiger partial charge in [0.15, 0.2) is 5.88 Å². The second-order valence-corrected chi connectivity index (χ2v) is 2.52. The molecule has 0 aliphatic carbocycles. The molecule has 0 aliphatic heterocycles. The van der Waals surface area contributed by atoms with E-state index in [0.717, 1.165) is 5.52 Å². The molecule has 4 heteroatoms. The molecule has 2 aromatic heterocycles. The topological polar surface area (TPSA) is 63.5 Å². The first-order chi connectivity index (χ1) is 5.83. The third-order valence-electron chi connectivity index (χ3n) is 1.79. The van der Waals surface area contributed by atoms with E-state index >= 15 is 0 Å². The molecule has 0 radical (unpaired) electrons. The Balaban J connectivity index is 2.83. The maximum absolute atomic E-state index is 9.44. The highest BCUT2D eigenvalue weighted by Gasteiger charge is 2.03. The fourth-order valence-electron chi connectivity index (χ4n) is 1.24. The number of aromatic hydroxyl groups is 1. The van der Waals surface area contributed by atoms with Gasteiger partial charge >= 0.3 is 0 Å². The zero-order valence-corrected chi connectivity index (χ0v) is 6.44. The maximum atomic E-state index is 9.44. The molecular formula is C8H9N3O. The van der Waals surface area contributed by atoms with E-state index in [2.05, 4.69) is 4.98 Å². The van der Waals surface area contributed by atoms with Crippen molar-refractivity contribution in [3.05, 3.63) is 30.2 Å². The van der Waals surface area contributed by atoms with E-state index in [1.807, 2.05) is 6.07 Å². The molecule has 0 amide bonds. The van der Waals surface area contributed by atoms with Crippen molar-refractivity contribution >= 4 is 5.52 Å². The van der Waals surface area contributed by atoms with E-state index in [0.29, 0.717) is 12.4 Å². The Hall–Kier alpha value is -1.55. The number of hydrogen-bond acceptors (Lipinski definition) is 3. The van der Waals surface area contributed by atoms with Gasteiger partial charge in [0.05, 0.1) is 18.3 Å². The summed E-state index contributed by atoms with van der Waals surface area (Å²) in [6, 6.07) is 5.24. The van der Waals surface area contributed by atoms with Crippen molar-refractivity contribution in [3.8, 4) is 5.88 Å². The summed E-state index contributed by atoms with van der Waals surface area (Å²) < 4.78 is 1.62. The van der Waals surface area contributed by atoms with E-state index in [4.69, 9.17) is 5.73 Å². The Kier molecular flexibility index (Phi) is 1.48. The summed E-state index contributed by atoms with van der Waals surface area (Å²) in [7, 11) is 0. The minimum Gasteiger partial charge on any atom is -0.494 e. The molecule has 2 aromatic rings. The summed E-state index contributed by atoms with van der Waals surface area (Å²) in [5.74, 6) is 0.841. The van der Waals surface area contributed by atoms with Gasteiger partial charge < -0.3 is 10.8 Å². The van der Waals surface area contributed by atoms with Crippen LogP contribution in [0.4, 0.5) is 0 Å². The average molecular weight is 163 g/mol. The normalized spacial score (nSPS) is 10.8. The highest BCUT2D eigenvalue weighted by atomic mass is 16.3. The van der Waals surface area contributed by atoms with Gasteiger partial charge in [0.2, 0.25) is 0 Å². The van der Waals surface area contributed by atoms with E-state index in [1.165, 1.54) is 0 Å². The molecule has 0 saturated heterocycles. The lowest BCUT2D eigenvalue weighted by atomic mass is 10.4. The lowest BCUT2D eigenvalue weighted by Gasteiger charge is -2.00. The standard InChI is InChI=1S/C8H9N3O/c9-4-7-10-5-6-2-1-3-8(12)11(6)7/h1-3,5,12H,4,9H2. The number of pyridine rings is 1. The van der Waals surface area contributed by atoms with Crippen LogP contribution >= 0.6 is 0 Å². The molecule has 3 N–H and O–H groups in total. The molecule has 2 heterocycles. The number of hydrogen-bond donors (Lipinski definition) is 2. The number of rotatable bonds is 1. The van der Waals surface area contributed by atoms with Crippen molar-refractivity contribution in [2.75, 3.05) is 0 Å². The first-order valence-corrected chi connectivity index (χ1v) is 3.67. The van der Waals surface area contributed by atoms with Crippen LogP contribution in [0.25, 0.3) is 5.52 Å². The second-order valence-electron chi connectivity index (χ2n) is 2.52. The van der Waals surface area contributed by atoms with Gasteiger partial charge in [0, 0.05) is 0 Å². The van der Waals surface area contributed by atoms with Crippen molar-refractivity contribution < 1.29 is 5.11 Å². The number of aromatic nitrogens is 2. The largest absolute Gasteiger partial charge is 0.494 e. The first kappa shape index (κ1) is 7.12. The summed E-state index contributed by atoms with van der Waals surface area (Å²) in [5.41, 5.74) is 6.29. The Morgan fingerprint density at radius 1 is 1.50 bits per heavy atom. The number of imidazole rings is 1. The van der Waals surface area contributed by atoms with E-state index in [1.54, 1.807) is 22.7 Å². The van der Waals surface area contributed by atoms with Gasteiger partial charge in [0.25, 0.3) is 0 Å². The number of fused-ring (bicyclic) bond motifs is 1. The van der Waals surface area contributed by atoms with Gasteiger partial charge in [-0.05, 0) is 12.1 Å². The van der Waals surface area contributed by atoms with Crippen molar-refractivity contribution in [2.45, 2.75) is 6.54 Å². The van der Waals surface area contributed by atoms with Crippen LogP contribution in [0.2, 0.25) is 0 Å². The van der Waals surface area contributed by atoms with E-state index in [9.17, 15) is 5.11 Å². The Labute approximate surface area is 69.3 Å². The van der Waals surface area contributed by atoms with Gasteiger partial charge in [-0.3, -0.25) is 4.40 Å². The van der Waals surface area contributed by atoms with Crippen molar-refractivity contribution in [2.24, 2.45) is 5.73 Å². The fourth-order valence-corrected chi connectivity index (χ4v) is 1.24. The van der Waals surface area contributed by atoms with Crippen LogP contribution in [0.15, 0.2) is 24.4 Å². The Morgan fingerprint density at radius 2 is 2.33 bits per heavy atom. The zero-order valence-electron chi connectivity index (χ0n) is 6.44. The molecule has 0 saturated carbocycles. The molecule has 0 aromatic carbocycles. The first-order valence-electron chi connectivity index (χ1n) is 3.67. The van der Waals surface area contributed by atoms with Crippen LogP contribution in [-0.2, 0) is 6.54 Å². The van der Waals surface area contributed by atoms with E-state index in [-0.39, 0.29) is 5.88 Å². The minimum absolute atomic E-state index is 0.172. The van der Waals surface area contributed by atoms with E-state index < -0.39 is 0 Å². The van der Waals surface area contributed by atoms with Gasteiger partial charge in [-0.1, -0.05) is 6.07 Å². The lowest BCUT2D eigenvalue weighted by Crippen LogP contribution is -2.02. The zero-order chi connectivity index (χ0) is 8.55. The van der Waals surface area contributed by atoms with Crippen LogP contribution in [-0.4, -0.2) is 14.5 Å². The van der Waals surface area contributed by atoms with Crippen LogP contribution in [0, 0.1) is 0 Å².